The summed E-state index contributed by atoms with van der Waals surface area (Å²) >= 11 is 0. The summed E-state index contributed by atoms with van der Waals surface area (Å²) in [4.78, 5) is 4.15. The average Bonchev–Trinajstić information content (AvgIpc) is 3.02. The zero-order chi connectivity index (χ0) is 18.0. The van der Waals surface area contributed by atoms with Crippen LogP contribution in [0.4, 0.5) is 18.9 Å². The summed E-state index contributed by atoms with van der Waals surface area (Å²) in [5.74, 6) is 0.241. The molecule has 0 atom stereocenters. The van der Waals surface area contributed by atoms with Crippen LogP contribution >= 0.6 is 0 Å². The van der Waals surface area contributed by atoms with Gasteiger partial charge in [-0.05, 0) is 30.3 Å². The number of rotatable bonds is 2. The van der Waals surface area contributed by atoms with Gasteiger partial charge in [0, 0.05) is 30.8 Å². The molecule has 8 heteroatoms. The zero-order valence-electron chi connectivity index (χ0n) is 12.9. The summed E-state index contributed by atoms with van der Waals surface area (Å²) < 4.78 is 38.4. The fourth-order valence-electron chi connectivity index (χ4n) is 2.35. The first-order valence-corrected chi connectivity index (χ1v) is 7.41. The van der Waals surface area contributed by atoms with E-state index in [4.69, 9.17) is 0 Å². The Bertz CT molecular complexity index is 847. The molecule has 0 saturated heterocycles. The van der Waals surface area contributed by atoms with Gasteiger partial charge in [-0.2, -0.15) is 18.3 Å². The van der Waals surface area contributed by atoms with Gasteiger partial charge >= 0.3 is 6.18 Å². The second-order valence-electron chi connectivity index (χ2n) is 5.44. The lowest BCUT2D eigenvalue weighted by molar-refractivity contribution is -0.137. The van der Waals surface area contributed by atoms with Gasteiger partial charge in [0.1, 0.15) is 11.5 Å². The lowest BCUT2D eigenvalue weighted by atomic mass is 10.2. The molecule has 25 heavy (non-hydrogen) atoms. The number of hydrazone groups is 1. The highest BCUT2D eigenvalue weighted by Crippen LogP contribution is 2.32. The van der Waals surface area contributed by atoms with E-state index in [0.717, 1.165) is 12.1 Å². The Labute approximate surface area is 141 Å². The molecule has 1 heterocycles. The number of aliphatic imine (C=N–C) groups is 1. The number of nitrogens with zero attached hydrogens (tertiary/aromatic N) is 3. The molecule has 0 fully saturated rings. The Morgan fingerprint density at radius 1 is 1.12 bits per heavy atom. The molecule has 0 unspecified atom stereocenters. The predicted molar refractivity (Wildman–Crippen MR) is 88.2 cm³/mol. The van der Waals surface area contributed by atoms with Crippen molar-refractivity contribution in [2.45, 2.75) is 12.6 Å². The van der Waals surface area contributed by atoms with Crippen LogP contribution in [-0.2, 0) is 6.18 Å². The first kappa shape index (κ1) is 16.8. The van der Waals surface area contributed by atoms with Crippen LogP contribution in [0.3, 0.4) is 0 Å². The number of aromatic hydroxyl groups is 2. The minimum absolute atomic E-state index is 0.0661. The third-order valence-corrected chi connectivity index (χ3v) is 3.62. The van der Waals surface area contributed by atoms with Crippen LogP contribution < -0.4 is 5.01 Å². The molecule has 1 aliphatic heterocycles. The summed E-state index contributed by atoms with van der Waals surface area (Å²) in [6.07, 6.45) is -2.55. The molecule has 130 valence electrons. The zero-order valence-corrected chi connectivity index (χ0v) is 12.9. The van der Waals surface area contributed by atoms with Gasteiger partial charge in [-0.3, -0.25) is 5.01 Å². The Morgan fingerprint density at radius 3 is 2.64 bits per heavy atom. The summed E-state index contributed by atoms with van der Waals surface area (Å²) in [6, 6.07) is 9.03. The molecule has 2 aromatic carbocycles. The monoisotopic (exact) mass is 349 g/mol. The number of alkyl halides is 3. The summed E-state index contributed by atoms with van der Waals surface area (Å²) in [6.45, 7) is 0.412. The van der Waals surface area contributed by atoms with E-state index in [1.165, 1.54) is 35.5 Å². The number of hydrogen-bond donors (Lipinski definition) is 2. The Kier molecular flexibility index (Phi) is 4.35. The Balaban J connectivity index is 1.77. The van der Waals surface area contributed by atoms with Gasteiger partial charge in [-0.25, -0.2) is 4.99 Å². The minimum Gasteiger partial charge on any atom is -0.508 e. The van der Waals surface area contributed by atoms with Gasteiger partial charge in [-0.1, -0.05) is 6.07 Å². The number of anilines is 1. The first-order chi connectivity index (χ1) is 11.8. The molecule has 5 nitrogen and oxygen atoms in total. The van der Waals surface area contributed by atoms with E-state index in [2.05, 4.69) is 10.1 Å². The number of benzene rings is 2. The molecular formula is C17H14F3N3O2. The van der Waals surface area contributed by atoms with Gasteiger partial charge in [-0.15, -0.1) is 0 Å². The van der Waals surface area contributed by atoms with Crippen molar-refractivity contribution < 1.29 is 23.4 Å². The third-order valence-electron chi connectivity index (χ3n) is 3.62. The lowest BCUT2D eigenvalue weighted by Gasteiger charge is -2.15. The van der Waals surface area contributed by atoms with Gasteiger partial charge in [0.05, 0.1) is 11.3 Å². The normalized spacial score (nSPS) is 15.0. The van der Waals surface area contributed by atoms with Crippen molar-refractivity contribution in [3.63, 3.8) is 0 Å². The maximum Gasteiger partial charge on any atom is 0.416 e. The van der Waals surface area contributed by atoms with Crippen molar-refractivity contribution in [2.24, 2.45) is 10.1 Å². The van der Waals surface area contributed by atoms with Crippen molar-refractivity contribution in [1.82, 2.24) is 0 Å². The summed E-state index contributed by atoms with van der Waals surface area (Å²) in [5, 5.41) is 24.6. The number of halogens is 3. The van der Waals surface area contributed by atoms with Crippen molar-refractivity contribution in [2.75, 3.05) is 11.6 Å². The van der Waals surface area contributed by atoms with Crippen LogP contribution in [-0.4, -0.2) is 28.8 Å². The summed E-state index contributed by atoms with van der Waals surface area (Å²) in [5.41, 5.74) is 0.0108. The molecule has 0 amide bonds. The smallest absolute Gasteiger partial charge is 0.416 e. The quantitative estimate of drug-likeness (QED) is 0.811. The van der Waals surface area contributed by atoms with Crippen LogP contribution in [0.15, 0.2) is 52.6 Å². The minimum atomic E-state index is -4.41. The van der Waals surface area contributed by atoms with Crippen LogP contribution in [0.2, 0.25) is 0 Å². The van der Waals surface area contributed by atoms with Crippen LogP contribution in [0.25, 0.3) is 0 Å². The highest BCUT2D eigenvalue weighted by Gasteiger charge is 2.31. The molecule has 0 bridgehead atoms. The second kappa shape index (κ2) is 6.46. The highest BCUT2D eigenvalue weighted by molar-refractivity contribution is 5.97. The molecule has 0 spiro atoms. The molecule has 2 aromatic rings. The van der Waals surface area contributed by atoms with E-state index in [0.29, 0.717) is 30.1 Å². The molecule has 2 N–H and O–H groups in total. The van der Waals surface area contributed by atoms with Crippen LogP contribution in [0, 0.1) is 0 Å². The number of hydrogen-bond acceptors (Lipinski definition) is 5. The molecule has 0 aliphatic carbocycles. The van der Waals surface area contributed by atoms with Gasteiger partial charge in [0.25, 0.3) is 0 Å². The number of phenolic OH excluding ortho intramolecular Hbond substituents is 2. The highest BCUT2D eigenvalue weighted by atomic mass is 19.4. The van der Waals surface area contributed by atoms with Gasteiger partial charge in [0.2, 0.25) is 0 Å². The standard InChI is InChI=1S/C17H14F3N3O2/c18-17(19,20)12-2-1-3-13(8-12)23-7-6-16(22-23)21-10-11-4-5-14(24)9-15(11)25/h1-5,8-10,24-25H,6-7H2. The van der Waals surface area contributed by atoms with E-state index < -0.39 is 11.7 Å². The molecule has 3 rings (SSSR count). The Morgan fingerprint density at radius 2 is 1.92 bits per heavy atom. The average molecular weight is 349 g/mol. The van der Waals surface area contributed by atoms with Crippen molar-refractivity contribution in [1.29, 1.82) is 0 Å². The van der Waals surface area contributed by atoms with Gasteiger partial charge in [0.15, 0.2) is 5.84 Å². The fourth-order valence-corrected chi connectivity index (χ4v) is 2.35. The SMILES string of the molecule is Oc1ccc(C=NC2=NN(c3cccc(C(F)(F)F)c3)CC2)c(O)c1. The predicted octanol–water partition coefficient (Wildman–Crippen LogP) is 3.76. The summed E-state index contributed by atoms with van der Waals surface area (Å²) in [7, 11) is 0. The molecule has 0 saturated carbocycles. The Hall–Kier alpha value is -3.03. The van der Waals surface area contributed by atoms with Crippen molar-refractivity contribution in [3.05, 3.63) is 53.6 Å². The maximum absolute atomic E-state index is 12.8. The van der Waals surface area contributed by atoms with Gasteiger partial charge < -0.3 is 10.2 Å². The second-order valence-corrected chi connectivity index (χ2v) is 5.44. The van der Waals surface area contributed by atoms with E-state index in [1.54, 1.807) is 6.07 Å². The van der Waals surface area contributed by atoms with E-state index in [1.807, 2.05) is 0 Å². The van der Waals surface area contributed by atoms with Crippen LogP contribution in [0.5, 0.6) is 11.5 Å². The van der Waals surface area contributed by atoms with E-state index in [9.17, 15) is 23.4 Å². The van der Waals surface area contributed by atoms with Crippen molar-refractivity contribution >= 4 is 17.7 Å². The lowest BCUT2D eigenvalue weighted by Crippen LogP contribution is -2.13. The molecule has 0 aromatic heterocycles. The maximum atomic E-state index is 12.8. The number of phenols is 2. The topological polar surface area (TPSA) is 68.4 Å². The van der Waals surface area contributed by atoms with Crippen LogP contribution in [0.1, 0.15) is 17.5 Å². The van der Waals surface area contributed by atoms with E-state index >= 15 is 0 Å². The molecular weight excluding hydrogens is 335 g/mol. The fraction of sp³-hybridized carbons (Fsp3) is 0.176. The molecule has 0 radical (unpaired) electrons. The number of amidine groups is 1. The van der Waals surface area contributed by atoms with Crippen molar-refractivity contribution in [3.8, 4) is 11.5 Å². The first-order valence-electron chi connectivity index (χ1n) is 7.41. The van der Waals surface area contributed by atoms with E-state index in [-0.39, 0.29) is 11.5 Å². The molecule has 1 aliphatic rings. The largest absolute Gasteiger partial charge is 0.508 e. The third kappa shape index (κ3) is 3.90.